The molecule has 6 nitrogen and oxygen atoms in total. The maximum Gasteiger partial charge on any atom is 0.277 e. The van der Waals surface area contributed by atoms with Gasteiger partial charge in [0, 0.05) is 0 Å². The molecular formula is C20H20N2O4. The summed E-state index contributed by atoms with van der Waals surface area (Å²) in [6.45, 7) is 3.95. The Hall–Kier alpha value is -3.28. The van der Waals surface area contributed by atoms with Crippen LogP contribution in [-0.4, -0.2) is 25.0 Å². The van der Waals surface area contributed by atoms with Crippen molar-refractivity contribution in [2.75, 3.05) is 13.4 Å². The molecule has 3 rings (SSSR count). The van der Waals surface area contributed by atoms with Gasteiger partial charge in [0.25, 0.3) is 5.91 Å². The molecule has 0 radical (unpaired) electrons. The fourth-order valence-corrected chi connectivity index (χ4v) is 2.24. The van der Waals surface area contributed by atoms with Gasteiger partial charge < -0.3 is 14.2 Å². The van der Waals surface area contributed by atoms with E-state index >= 15 is 0 Å². The first-order chi connectivity index (χ1) is 12.6. The number of hydrogen-bond acceptors (Lipinski definition) is 5. The van der Waals surface area contributed by atoms with E-state index in [4.69, 9.17) is 14.2 Å². The van der Waals surface area contributed by atoms with Gasteiger partial charge in [-0.05, 0) is 49.8 Å². The minimum Gasteiger partial charge on any atom is -0.484 e. The Morgan fingerprint density at radius 2 is 1.96 bits per heavy atom. The third kappa shape index (κ3) is 4.86. The molecule has 0 spiro atoms. The first-order valence-corrected chi connectivity index (χ1v) is 8.20. The second-order valence-electron chi connectivity index (χ2n) is 5.84. The molecule has 0 aromatic heterocycles. The van der Waals surface area contributed by atoms with Crippen molar-refractivity contribution in [3.8, 4) is 17.2 Å². The number of nitrogens with zero attached hydrogens (tertiary/aromatic N) is 1. The van der Waals surface area contributed by atoms with Crippen molar-refractivity contribution in [3.05, 3.63) is 59.7 Å². The Labute approximate surface area is 152 Å². The van der Waals surface area contributed by atoms with Crippen LogP contribution >= 0.6 is 0 Å². The molecule has 0 unspecified atom stereocenters. The van der Waals surface area contributed by atoms with Crippen LogP contribution in [0.3, 0.4) is 0 Å². The molecule has 1 heterocycles. The molecule has 0 saturated carbocycles. The Morgan fingerprint density at radius 3 is 2.77 bits per heavy atom. The molecule has 134 valence electrons. The van der Waals surface area contributed by atoms with E-state index in [9.17, 15) is 4.79 Å². The fourth-order valence-electron chi connectivity index (χ4n) is 2.24. The Balaban J connectivity index is 1.48. The van der Waals surface area contributed by atoms with Gasteiger partial charge in [-0.1, -0.05) is 29.8 Å². The highest BCUT2D eigenvalue weighted by molar-refractivity contribution is 5.97. The summed E-state index contributed by atoms with van der Waals surface area (Å²) >= 11 is 0. The van der Waals surface area contributed by atoms with Gasteiger partial charge in [-0.2, -0.15) is 5.10 Å². The van der Waals surface area contributed by atoms with E-state index in [1.807, 2.05) is 55.5 Å². The number of fused-ring (bicyclic) bond motifs is 1. The second kappa shape index (κ2) is 8.20. The zero-order chi connectivity index (χ0) is 18.4. The summed E-state index contributed by atoms with van der Waals surface area (Å²) in [6.07, 6.45) is 3.69. The largest absolute Gasteiger partial charge is 0.484 e. The van der Waals surface area contributed by atoms with E-state index in [1.165, 1.54) is 0 Å². The van der Waals surface area contributed by atoms with Crippen molar-refractivity contribution in [2.24, 2.45) is 5.10 Å². The van der Waals surface area contributed by atoms with Crippen molar-refractivity contribution < 1.29 is 19.0 Å². The number of ether oxygens (including phenoxy) is 3. The molecule has 0 bridgehead atoms. The normalized spacial score (nSPS) is 13.1. The van der Waals surface area contributed by atoms with Crippen LogP contribution in [0.1, 0.15) is 18.1 Å². The Morgan fingerprint density at radius 1 is 1.19 bits per heavy atom. The highest BCUT2D eigenvalue weighted by Crippen LogP contribution is 2.32. The zero-order valence-electron chi connectivity index (χ0n) is 14.7. The summed E-state index contributed by atoms with van der Waals surface area (Å²) in [6, 6.07) is 13.2. The maximum atomic E-state index is 11.8. The number of nitrogens with one attached hydrogen (secondary N) is 1. The van der Waals surface area contributed by atoms with Crippen LogP contribution in [0.5, 0.6) is 17.2 Å². The number of allylic oxidation sites excluding steroid dienone is 1. The minimum absolute atomic E-state index is 0.0916. The van der Waals surface area contributed by atoms with Gasteiger partial charge in [-0.25, -0.2) is 5.43 Å². The van der Waals surface area contributed by atoms with Crippen LogP contribution in [0.25, 0.3) is 6.08 Å². The Kier molecular flexibility index (Phi) is 5.53. The number of benzene rings is 2. The summed E-state index contributed by atoms with van der Waals surface area (Å²) in [5.74, 6) is 1.80. The lowest BCUT2D eigenvalue weighted by molar-refractivity contribution is -0.123. The maximum absolute atomic E-state index is 11.8. The molecule has 0 fully saturated rings. The SMILES string of the molecule is CC(C=Cc1ccc2c(c1)OCO2)=NNC(=O)COc1ccc(C)cc1. The molecule has 0 atom stereocenters. The number of aryl methyl sites for hydroxylation is 1. The zero-order valence-corrected chi connectivity index (χ0v) is 14.7. The molecule has 2 aromatic carbocycles. The third-order valence-electron chi connectivity index (χ3n) is 3.66. The standard InChI is InChI=1S/C20H20N2O4/c1-14-3-8-17(9-4-14)24-12-20(23)22-21-15(2)5-6-16-7-10-18-19(11-16)26-13-25-18/h3-11H,12-13H2,1-2H3,(H,22,23). The molecule has 1 amide bonds. The van der Waals surface area contributed by atoms with Crippen LogP contribution in [0.4, 0.5) is 0 Å². The highest BCUT2D eigenvalue weighted by atomic mass is 16.7. The van der Waals surface area contributed by atoms with Gasteiger partial charge in [-0.15, -0.1) is 0 Å². The average Bonchev–Trinajstić information content (AvgIpc) is 3.12. The first kappa shape index (κ1) is 17.5. The molecule has 2 aromatic rings. The highest BCUT2D eigenvalue weighted by Gasteiger charge is 2.12. The van der Waals surface area contributed by atoms with E-state index < -0.39 is 0 Å². The van der Waals surface area contributed by atoms with E-state index in [1.54, 1.807) is 13.0 Å². The summed E-state index contributed by atoms with van der Waals surface area (Å²) in [4.78, 5) is 11.8. The number of carbonyl (C=O) groups is 1. The molecule has 0 saturated heterocycles. The van der Waals surface area contributed by atoms with Crippen molar-refractivity contribution in [1.29, 1.82) is 0 Å². The minimum atomic E-state index is -0.318. The lowest BCUT2D eigenvalue weighted by atomic mass is 10.2. The van der Waals surface area contributed by atoms with Crippen LogP contribution in [0.2, 0.25) is 0 Å². The lowest BCUT2D eigenvalue weighted by Crippen LogP contribution is -2.25. The number of carbonyl (C=O) groups excluding carboxylic acids is 1. The molecule has 6 heteroatoms. The third-order valence-corrected chi connectivity index (χ3v) is 3.66. The fraction of sp³-hybridized carbons (Fsp3) is 0.200. The smallest absolute Gasteiger partial charge is 0.277 e. The topological polar surface area (TPSA) is 69.2 Å². The second-order valence-corrected chi connectivity index (χ2v) is 5.84. The summed E-state index contributed by atoms with van der Waals surface area (Å²) in [5.41, 5.74) is 5.22. The van der Waals surface area contributed by atoms with Gasteiger partial charge in [0.2, 0.25) is 6.79 Å². The van der Waals surface area contributed by atoms with Crippen molar-refractivity contribution in [1.82, 2.24) is 5.43 Å². The van der Waals surface area contributed by atoms with Gasteiger partial charge in [0.05, 0.1) is 5.71 Å². The predicted octanol–water partition coefficient (Wildman–Crippen LogP) is 3.31. The van der Waals surface area contributed by atoms with Crippen LogP contribution in [-0.2, 0) is 4.79 Å². The molecule has 1 aliphatic rings. The molecule has 0 aliphatic carbocycles. The number of amides is 1. The molecule has 26 heavy (non-hydrogen) atoms. The van der Waals surface area contributed by atoms with E-state index in [2.05, 4.69) is 10.5 Å². The van der Waals surface area contributed by atoms with Crippen molar-refractivity contribution in [3.63, 3.8) is 0 Å². The van der Waals surface area contributed by atoms with Gasteiger partial charge in [-0.3, -0.25) is 4.79 Å². The van der Waals surface area contributed by atoms with Crippen molar-refractivity contribution in [2.45, 2.75) is 13.8 Å². The monoisotopic (exact) mass is 352 g/mol. The first-order valence-electron chi connectivity index (χ1n) is 8.20. The number of hydrazone groups is 1. The molecule has 1 N–H and O–H groups in total. The van der Waals surface area contributed by atoms with Crippen LogP contribution in [0, 0.1) is 6.92 Å². The summed E-state index contributed by atoms with van der Waals surface area (Å²) < 4.78 is 16.0. The van der Waals surface area contributed by atoms with Crippen molar-refractivity contribution >= 4 is 17.7 Å². The number of hydrogen-bond donors (Lipinski definition) is 1. The van der Waals surface area contributed by atoms with E-state index in [-0.39, 0.29) is 19.3 Å². The van der Waals surface area contributed by atoms with E-state index in [0.717, 1.165) is 22.6 Å². The quantitative estimate of drug-likeness (QED) is 0.640. The van der Waals surface area contributed by atoms with Crippen LogP contribution < -0.4 is 19.6 Å². The average molecular weight is 352 g/mol. The summed E-state index contributed by atoms with van der Waals surface area (Å²) in [5, 5.41) is 4.03. The molecular weight excluding hydrogens is 332 g/mol. The van der Waals surface area contributed by atoms with Gasteiger partial charge in [0.1, 0.15) is 5.75 Å². The predicted molar refractivity (Wildman–Crippen MR) is 99.5 cm³/mol. The molecule has 1 aliphatic heterocycles. The number of rotatable bonds is 6. The van der Waals surface area contributed by atoms with Crippen LogP contribution in [0.15, 0.2) is 53.6 Å². The Bertz CT molecular complexity index is 841. The lowest BCUT2D eigenvalue weighted by Gasteiger charge is -2.05. The van der Waals surface area contributed by atoms with Gasteiger partial charge in [0.15, 0.2) is 18.1 Å². The van der Waals surface area contributed by atoms with Gasteiger partial charge >= 0.3 is 0 Å². The summed E-state index contributed by atoms with van der Waals surface area (Å²) in [7, 11) is 0. The van der Waals surface area contributed by atoms with E-state index in [0.29, 0.717) is 11.5 Å².